The van der Waals surface area contributed by atoms with Crippen LogP contribution in [0.15, 0.2) is 107 Å². The predicted octanol–water partition coefficient (Wildman–Crippen LogP) is 5.95. The molecule has 3 saturated heterocycles. The molecule has 0 aliphatic carbocycles. The molecule has 3 fully saturated rings. The standard InChI is InChI=1S/C58H64BN7O14S2/c1-35-60-44(34-81-35)49(62-80-47(26-58(2,3)4)56(70)77-31-37-12-18-42(74-6)19-13-37)52(67)61-50-54(69)65-51(57(71)78-32-38-14-20-43(75-7)21-15-38)39(33-82-55(50)65)29-66-23-8-9-40(66)27-63(22-24-66)53(68)45-25-46(79-59)48(28-64(45)72)76-30-36-10-16-41(73-5)17-11-36/h10-21,25,28,34,40,47,50,55H,8-9,22-24,26-27,29-33H2,1-7H3/p+1/b62-49-/t40-,47-,50+,55+,66?/m0/s1. The molecule has 2 radical (unpaired) electrons. The maximum atomic E-state index is 14.6. The lowest BCUT2D eigenvalue weighted by atomic mass is 9.89. The van der Waals surface area contributed by atoms with Gasteiger partial charge in [-0.2, -0.15) is 4.73 Å². The molecule has 0 bridgehead atoms. The van der Waals surface area contributed by atoms with Crippen molar-refractivity contribution in [2.24, 2.45) is 10.6 Å². The highest BCUT2D eigenvalue weighted by molar-refractivity contribution is 8.00. The van der Waals surface area contributed by atoms with Crippen molar-refractivity contribution in [2.75, 3.05) is 59.8 Å². The van der Waals surface area contributed by atoms with Crippen molar-refractivity contribution >= 4 is 66.5 Å². The zero-order chi connectivity index (χ0) is 58.3. The first-order valence-corrected chi connectivity index (χ1v) is 28.6. The molecule has 4 aliphatic rings. The number of nitrogens with one attached hydrogen (secondary N) is 1. The zero-order valence-corrected chi connectivity index (χ0v) is 48.4. The first-order valence-electron chi connectivity index (χ1n) is 26.7. The predicted molar refractivity (Wildman–Crippen MR) is 303 cm³/mol. The fourth-order valence-electron chi connectivity index (χ4n) is 10.5. The number of nitrogens with zero attached hydrogens (tertiary/aromatic N) is 6. The Bertz CT molecular complexity index is 3230. The van der Waals surface area contributed by atoms with Crippen LogP contribution in [0.2, 0.25) is 0 Å². The minimum atomic E-state index is -1.21. The topological polar surface area (TPSA) is 230 Å². The quantitative estimate of drug-likeness (QED) is 0.0123. The fraction of sp³-hybridized carbons (Fsp3) is 0.414. The second-order valence-corrected chi connectivity index (χ2v) is 23.7. The largest absolute Gasteiger partial charge is 0.618 e. The van der Waals surface area contributed by atoms with Gasteiger partial charge in [0.2, 0.25) is 18.1 Å². The van der Waals surface area contributed by atoms with Crippen LogP contribution in [0.5, 0.6) is 28.7 Å². The number of fused-ring (bicyclic) bond motifs is 2. The number of thiazole rings is 1. The van der Waals surface area contributed by atoms with Gasteiger partial charge in [-0.05, 0) is 65.4 Å². The monoisotopic (exact) mass is 1160 g/mol. The molecule has 6 heterocycles. The third-order valence-corrected chi connectivity index (χ3v) is 17.0. The number of thioether (sulfide) groups is 1. The Morgan fingerprint density at radius 1 is 0.890 bits per heavy atom. The third-order valence-electron chi connectivity index (χ3n) is 14.8. The highest BCUT2D eigenvalue weighted by Gasteiger charge is 2.57. The molecule has 3 aromatic carbocycles. The first-order chi connectivity index (χ1) is 39.4. The summed E-state index contributed by atoms with van der Waals surface area (Å²) >= 11 is 2.68. The number of esters is 2. The number of pyridine rings is 1. The van der Waals surface area contributed by atoms with Crippen LogP contribution in [0.4, 0.5) is 0 Å². The number of oxime groups is 1. The minimum Gasteiger partial charge on any atom is -0.618 e. The third kappa shape index (κ3) is 13.4. The first kappa shape index (κ1) is 58.8. The van der Waals surface area contributed by atoms with E-state index in [0.717, 1.165) is 36.7 Å². The van der Waals surface area contributed by atoms with Crippen LogP contribution in [-0.4, -0.2) is 146 Å². The van der Waals surface area contributed by atoms with E-state index in [-0.39, 0.29) is 73.1 Å². The maximum Gasteiger partial charge on any atom is 0.374 e. The van der Waals surface area contributed by atoms with Crippen LogP contribution in [-0.2, 0) is 53.3 Å². The second-order valence-electron chi connectivity index (χ2n) is 21.6. The van der Waals surface area contributed by atoms with Crippen molar-refractivity contribution in [1.82, 2.24) is 20.1 Å². The van der Waals surface area contributed by atoms with Gasteiger partial charge in [0.05, 0.1) is 58.6 Å². The van der Waals surface area contributed by atoms with Crippen molar-refractivity contribution < 1.29 is 71.1 Å². The van der Waals surface area contributed by atoms with E-state index in [4.69, 9.17) is 46.0 Å². The van der Waals surface area contributed by atoms with Crippen molar-refractivity contribution in [3.8, 4) is 28.7 Å². The lowest BCUT2D eigenvalue weighted by Crippen LogP contribution is -2.71. The molecular weight excluding hydrogens is 1090 g/mol. The normalized spacial score (nSPS) is 19.9. The average molecular weight is 1160 g/mol. The van der Waals surface area contributed by atoms with Crippen molar-refractivity contribution in [3.63, 3.8) is 0 Å². The average Bonchev–Trinajstić information content (AvgIpc) is 1.90. The molecule has 0 saturated carbocycles. The van der Waals surface area contributed by atoms with Crippen LogP contribution in [0.1, 0.15) is 77.9 Å². The Kier molecular flexibility index (Phi) is 18.3. The summed E-state index contributed by atoms with van der Waals surface area (Å²) in [5.74, 6) is -0.876. The number of β-lactam (4-membered cyclic amide) rings is 1. The number of methoxy groups -OCH3 is 3. The van der Waals surface area contributed by atoms with E-state index in [9.17, 15) is 29.2 Å². The molecule has 430 valence electrons. The van der Waals surface area contributed by atoms with Crippen LogP contribution < -0.4 is 33.6 Å². The van der Waals surface area contributed by atoms with Crippen LogP contribution >= 0.6 is 23.1 Å². The summed E-state index contributed by atoms with van der Waals surface area (Å²) in [4.78, 5) is 85.0. The lowest BCUT2D eigenvalue weighted by molar-refractivity contribution is -0.938. The molecule has 82 heavy (non-hydrogen) atoms. The Morgan fingerprint density at radius 2 is 1.51 bits per heavy atom. The minimum absolute atomic E-state index is 0.0131. The zero-order valence-electron chi connectivity index (χ0n) is 46.7. The molecule has 0 spiro atoms. The number of amides is 3. The Morgan fingerprint density at radius 3 is 2.10 bits per heavy atom. The number of benzene rings is 3. The van der Waals surface area contributed by atoms with Crippen LogP contribution in [0.25, 0.3) is 0 Å². The van der Waals surface area contributed by atoms with Gasteiger partial charge < -0.3 is 57.8 Å². The van der Waals surface area contributed by atoms with E-state index < -0.39 is 52.6 Å². The van der Waals surface area contributed by atoms with E-state index in [1.807, 2.05) is 32.9 Å². The number of rotatable bonds is 22. The number of aromatic nitrogens is 2. The molecule has 5 aromatic rings. The highest BCUT2D eigenvalue weighted by atomic mass is 32.2. The number of carbonyl (C=O) groups excluding carboxylic acids is 5. The Hall–Kier alpha value is -7.83. The molecule has 9 rings (SSSR count). The van der Waals surface area contributed by atoms with Gasteiger partial charge in [-0.25, -0.2) is 14.6 Å². The molecule has 21 nitrogen and oxygen atoms in total. The van der Waals surface area contributed by atoms with Gasteiger partial charge in [0.15, 0.2) is 11.5 Å². The Balaban J connectivity index is 0.925. The molecule has 1 unspecified atom stereocenters. The summed E-state index contributed by atoms with van der Waals surface area (Å²) in [5, 5.41) is 22.2. The molecule has 3 amide bonds. The number of aryl methyl sites for hydroxylation is 1. The SMILES string of the molecule is [B]Oc1cc(C(=O)N2CC[N+]3(CC4=C(C(=O)OCc5ccc(OC)cc5)N5C(=O)[C@@H](NC(=O)/C(=N\O[C@@H](CC(C)(C)C)C(=O)OCc6ccc(OC)cc6)c6csc(C)n6)[C@H]5SC4)CCC[C@H]3C2)[n+]([O-])cc1OCc1ccc(OC)cc1. The summed E-state index contributed by atoms with van der Waals surface area (Å²) in [6.07, 6.45) is 1.70. The summed E-state index contributed by atoms with van der Waals surface area (Å²) in [5.41, 5.74) is 2.31. The van der Waals surface area contributed by atoms with Gasteiger partial charge in [0, 0.05) is 36.0 Å². The van der Waals surface area contributed by atoms with Gasteiger partial charge in [-0.1, -0.05) is 62.3 Å². The van der Waals surface area contributed by atoms with E-state index in [1.54, 1.807) is 99.2 Å². The Labute approximate surface area is 485 Å². The number of carbonyl (C=O) groups is 5. The number of hydrogen-bond acceptors (Lipinski definition) is 18. The van der Waals surface area contributed by atoms with Crippen molar-refractivity contribution in [1.29, 1.82) is 0 Å². The van der Waals surface area contributed by atoms with Crippen molar-refractivity contribution in [3.05, 3.63) is 140 Å². The molecule has 4 aliphatic heterocycles. The van der Waals surface area contributed by atoms with Crippen LogP contribution in [0, 0.1) is 17.5 Å². The van der Waals surface area contributed by atoms with Gasteiger partial charge in [-0.15, -0.1) is 23.1 Å². The lowest BCUT2D eigenvalue weighted by Gasteiger charge is -2.51. The number of ether oxygens (including phenoxy) is 6. The molecule has 2 aromatic heterocycles. The van der Waals surface area contributed by atoms with Gasteiger partial charge in [0.25, 0.3) is 17.5 Å². The summed E-state index contributed by atoms with van der Waals surface area (Å²) in [7, 11) is 10.3. The van der Waals surface area contributed by atoms with E-state index in [0.29, 0.717) is 68.0 Å². The van der Waals surface area contributed by atoms with Crippen LogP contribution in [0.3, 0.4) is 0 Å². The van der Waals surface area contributed by atoms with E-state index in [2.05, 4.69) is 15.5 Å². The number of hydrogen-bond donors (Lipinski definition) is 1. The van der Waals surface area contributed by atoms with Gasteiger partial charge in [0.1, 0.15) is 72.5 Å². The number of piperazine rings is 1. The van der Waals surface area contributed by atoms with Crippen molar-refractivity contribution in [2.45, 2.75) is 90.3 Å². The van der Waals surface area contributed by atoms with E-state index >= 15 is 0 Å². The molecule has 24 heteroatoms. The summed E-state index contributed by atoms with van der Waals surface area (Å²) in [6.45, 7) is 9.74. The molecule has 5 atom stereocenters. The highest BCUT2D eigenvalue weighted by Crippen LogP contribution is 2.43. The van der Waals surface area contributed by atoms with Gasteiger partial charge >= 0.3 is 25.9 Å². The maximum absolute atomic E-state index is 14.6. The van der Waals surface area contributed by atoms with Gasteiger partial charge in [-0.3, -0.25) is 19.3 Å². The smallest absolute Gasteiger partial charge is 0.374 e. The summed E-state index contributed by atoms with van der Waals surface area (Å²) < 4.78 is 39.4. The van der Waals surface area contributed by atoms with E-state index in [1.165, 1.54) is 34.1 Å². The second kappa shape index (κ2) is 25.5. The molecular formula is C58H65BN7O14S2+. The molecule has 1 N–H and O–H groups in total. The number of quaternary nitrogens is 1. The fourth-order valence-corrected chi connectivity index (χ4v) is 12.4. The summed E-state index contributed by atoms with van der Waals surface area (Å²) in [6, 6.07) is 21.5.